The first kappa shape index (κ1) is 12.3. The number of nitrogens with two attached hydrogens (primary N) is 1. The molecule has 0 bridgehead atoms. The number of hydrogen-bond acceptors (Lipinski definition) is 2. The number of aryl methyl sites for hydroxylation is 1. The lowest BCUT2D eigenvalue weighted by molar-refractivity contribution is 0.0448. The van der Waals surface area contributed by atoms with E-state index < -0.39 is 12.0 Å². The van der Waals surface area contributed by atoms with Gasteiger partial charge in [0.1, 0.15) is 0 Å². The smallest absolute Gasteiger partial charge is 0.258 e. The number of rotatable bonds is 2. The summed E-state index contributed by atoms with van der Waals surface area (Å²) >= 11 is 0. The topological polar surface area (TPSA) is 29.3 Å². The molecule has 94 valence electrons. The molecule has 1 aliphatic rings. The van der Waals surface area contributed by atoms with Crippen molar-refractivity contribution in [3.05, 3.63) is 29.8 Å². The summed E-state index contributed by atoms with van der Waals surface area (Å²) in [6.45, 7) is 3.03. The molecular formula is C13H18F2N2. The second kappa shape index (κ2) is 4.61. The predicted octanol–water partition coefficient (Wildman–Crippen LogP) is 2.56. The number of nitrogens with zero attached hydrogens (tertiary/aromatic N) is 1. The Hall–Kier alpha value is -1.16. The number of halogens is 2. The molecule has 2 N–H and O–H groups in total. The fraction of sp³-hybridized carbons (Fsp3) is 0.538. The molecule has 1 fully saturated rings. The van der Waals surface area contributed by atoms with Gasteiger partial charge in [-0.05, 0) is 37.5 Å². The maximum Gasteiger partial charge on any atom is 0.258 e. The van der Waals surface area contributed by atoms with Gasteiger partial charge < -0.3 is 10.6 Å². The monoisotopic (exact) mass is 240 g/mol. The van der Waals surface area contributed by atoms with Crippen LogP contribution in [-0.2, 0) is 0 Å². The van der Waals surface area contributed by atoms with E-state index in [0.29, 0.717) is 6.42 Å². The van der Waals surface area contributed by atoms with Gasteiger partial charge in [0.2, 0.25) is 0 Å². The van der Waals surface area contributed by atoms with E-state index in [0.717, 1.165) is 24.2 Å². The van der Waals surface area contributed by atoms with E-state index in [1.54, 1.807) is 0 Å². The summed E-state index contributed by atoms with van der Waals surface area (Å²) in [6, 6.07) is 7.90. The average Bonchev–Trinajstić information content (AvgIpc) is 2.29. The molecule has 17 heavy (non-hydrogen) atoms. The van der Waals surface area contributed by atoms with Crippen molar-refractivity contribution >= 4 is 5.69 Å². The van der Waals surface area contributed by atoms with Gasteiger partial charge in [0.05, 0.1) is 5.54 Å². The molecule has 1 aliphatic heterocycles. The second-order valence-corrected chi connectivity index (χ2v) is 4.90. The van der Waals surface area contributed by atoms with E-state index in [1.165, 1.54) is 0 Å². The van der Waals surface area contributed by atoms with Crippen LogP contribution in [0, 0.1) is 6.92 Å². The Balaban J connectivity index is 2.18. The van der Waals surface area contributed by atoms with E-state index in [-0.39, 0.29) is 6.54 Å². The van der Waals surface area contributed by atoms with E-state index >= 15 is 0 Å². The standard InChI is InChI=1S/C13H18F2N2/c1-10-4-2-5-11(8-10)17-7-3-6-13(16,9-17)12(14)15/h2,4-5,8,12H,3,6-7,9,16H2,1H3. The molecule has 0 aliphatic carbocycles. The maximum atomic E-state index is 12.9. The minimum absolute atomic E-state index is 0.230. The van der Waals surface area contributed by atoms with Crippen LogP contribution >= 0.6 is 0 Å². The quantitative estimate of drug-likeness (QED) is 0.860. The van der Waals surface area contributed by atoms with Crippen molar-refractivity contribution in [2.24, 2.45) is 5.73 Å². The van der Waals surface area contributed by atoms with Gasteiger partial charge >= 0.3 is 0 Å². The number of hydrogen-bond donors (Lipinski definition) is 1. The van der Waals surface area contributed by atoms with Gasteiger partial charge in [0.25, 0.3) is 6.43 Å². The Morgan fingerprint density at radius 1 is 1.41 bits per heavy atom. The highest BCUT2D eigenvalue weighted by molar-refractivity contribution is 5.49. The van der Waals surface area contributed by atoms with Crippen LogP contribution in [0.25, 0.3) is 0 Å². The van der Waals surface area contributed by atoms with Crippen molar-refractivity contribution < 1.29 is 8.78 Å². The zero-order valence-corrected chi connectivity index (χ0v) is 10.00. The molecule has 0 spiro atoms. The Morgan fingerprint density at radius 3 is 2.82 bits per heavy atom. The molecule has 0 aromatic heterocycles. The van der Waals surface area contributed by atoms with Gasteiger partial charge in [0.15, 0.2) is 0 Å². The molecule has 1 atom stereocenters. The molecule has 1 aromatic carbocycles. The number of benzene rings is 1. The molecule has 0 amide bonds. The van der Waals surface area contributed by atoms with Gasteiger partial charge in [-0.3, -0.25) is 0 Å². The lowest BCUT2D eigenvalue weighted by Crippen LogP contribution is -2.59. The molecule has 0 radical (unpaired) electrons. The third-order valence-corrected chi connectivity index (χ3v) is 3.36. The number of alkyl halides is 2. The summed E-state index contributed by atoms with van der Waals surface area (Å²) in [5.74, 6) is 0. The first-order chi connectivity index (χ1) is 8.01. The Labute approximate surface area is 100 Å². The Kier molecular flexibility index (Phi) is 3.33. The summed E-state index contributed by atoms with van der Waals surface area (Å²) in [5, 5.41) is 0. The van der Waals surface area contributed by atoms with Gasteiger partial charge in [0, 0.05) is 18.8 Å². The van der Waals surface area contributed by atoms with Gasteiger partial charge in [-0.15, -0.1) is 0 Å². The van der Waals surface area contributed by atoms with Crippen LogP contribution in [0.4, 0.5) is 14.5 Å². The largest absolute Gasteiger partial charge is 0.369 e. The molecule has 0 saturated carbocycles. The van der Waals surface area contributed by atoms with Crippen molar-refractivity contribution in [3.63, 3.8) is 0 Å². The lowest BCUT2D eigenvalue weighted by atomic mass is 9.90. The third kappa shape index (κ3) is 2.57. The van der Waals surface area contributed by atoms with Crippen LogP contribution in [0.2, 0.25) is 0 Å². The first-order valence-corrected chi connectivity index (χ1v) is 5.90. The minimum Gasteiger partial charge on any atom is -0.369 e. The fourth-order valence-corrected chi connectivity index (χ4v) is 2.34. The summed E-state index contributed by atoms with van der Waals surface area (Å²) in [4.78, 5) is 1.96. The van der Waals surface area contributed by atoms with Gasteiger partial charge in [-0.2, -0.15) is 0 Å². The van der Waals surface area contributed by atoms with Crippen LogP contribution in [0.15, 0.2) is 24.3 Å². The highest BCUT2D eigenvalue weighted by atomic mass is 19.3. The van der Waals surface area contributed by atoms with Crippen molar-refractivity contribution in [1.29, 1.82) is 0 Å². The van der Waals surface area contributed by atoms with Crippen LogP contribution in [0.3, 0.4) is 0 Å². The van der Waals surface area contributed by atoms with Crippen LogP contribution in [0.5, 0.6) is 0 Å². The van der Waals surface area contributed by atoms with E-state index in [1.807, 2.05) is 36.1 Å². The zero-order valence-electron chi connectivity index (χ0n) is 10.00. The Morgan fingerprint density at radius 2 is 2.18 bits per heavy atom. The molecular weight excluding hydrogens is 222 g/mol. The predicted molar refractivity (Wildman–Crippen MR) is 65.5 cm³/mol. The normalized spacial score (nSPS) is 25.4. The molecule has 2 nitrogen and oxygen atoms in total. The molecule has 1 unspecified atom stereocenters. The third-order valence-electron chi connectivity index (χ3n) is 3.36. The summed E-state index contributed by atoms with van der Waals surface area (Å²) in [7, 11) is 0. The average molecular weight is 240 g/mol. The van der Waals surface area contributed by atoms with Gasteiger partial charge in [-0.1, -0.05) is 12.1 Å². The second-order valence-electron chi connectivity index (χ2n) is 4.90. The van der Waals surface area contributed by atoms with Crippen molar-refractivity contribution in [2.45, 2.75) is 31.7 Å². The van der Waals surface area contributed by atoms with Crippen molar-refractivity contribution in [3.8, 4) is 0 Å². The Bertz CT molecular complexity index is 395. The number of anilines is 1. The van der Waals surface area contributed by atoms with E-state index in [9.17, 15) is 8.78 Å². The molecule has 1 saturated heterocycles. The summed E-state index contributed by atoms with van der Waals surface area (Å²) in [6.07, 6.45) is -1.35. The minimum atomic E-state index is -2.46. The SMILES string of the molecule is Cc1cccc(N2CCCC(N)(C(F)F)C2)c1. The van der Waals surface area contributed by atoms with Gasteiger partial charge in [-0.25, -0.2) is 8.78 Å². The maximum absolute atomic E-state index is 12.9. The van der Waals surface area contributed by atoms with Crippen LogP contribution < -0.4 is 10.6 Å². The van der Waals surface area contributed by atoms with E-state index in [2.05, 4.69) is 0 Å². The molecule has 4 heteroatoms. The molecule has 1 aromatic rings. The fourth-order valence-electron chi connectivity index (χ4n) is 2.34. The van der Waals surface area contributed by atoms with Crippen LogP contribution in [0.1, 0.15) is 18.4 Å². The molecule has 2 rings (SSSR count). The van der Waals surface area contributed by atoms with E-state index in [4.69, 9.17) is 5.73 Å². The lowest BCUT2D eigenvalue weighted by Gasteiger charge is -2.40. The first-order valence-electron chi connectivity index (χ1n) is 5.90. The number of piperidine rings is 1. The van der Waals surface area contributed by atoms with Crippen molar-refractivity contribution in [2.75, 3.05) is 18.0 Å². The highest BCUT2D eigenvalue weighted by Crippen LogP contribution is 2.28. The zero-order chi connectivity index (χ0) is 12.5. The summed E-state index contributed by atoms with van der Waals surface area (Å²) < 4.78 is 25.8. The summed E-state index contributed by atoms with van der Waals surface area (Å²) in [5.41, 5.74) is 6.54. The van der Waals surface area contributed by atoms with Crippen molar-refractivity contribution in [1.82, 2.24) is 0 Å². The van der Waals surface area contributed by atoms with Crippen LogP contribution in [-0.4, -0.2) is 25.1 Å². The molecule has 1 heterocycles. The highest BCUT2D eigenvalue weighted by Gasteiger charge is 2.39.